The van der Waals surface area contributed by atoms with Crippen LogP contribution in [0, 0.1) is 0 Å². The van der Waals surface area contributed by atoms with Crippen LogP contribution in [0.25, 0.3) is 0 Å². The Balaban J connectivity index is 0.00000392. The van der Waals surface area contributed by atoms with Crippen LogP contribution < -0.4 is 10.6 Å². The van der Waals surface area contributed by atoms with Gasteiger partial charge < -0.3 is 15.4 Å². The molecule has 0 saturated carbocycles. The first-order chi connectivity index (χ1) is 12.9. The maximum atomic E-state index is 12.1. The summed E-state index contributed by atoms with van der Waals surface area (Å²) in [5, 5.41) is 6.49. The van der Waals surface area contributed by atoms with Crippen LogP contribution in [-0.4, -0.2) is 25.8 Å². The Morgan fingerprint density at radius 3 is 2.18 bits per heavy atom. The molecule has 2 aromatic rings. The third-order valence-electron chi connectivity index (χ3n) is 3.74. The third-order valence-corrected chi connectivity index (χ3v) is 4.97. The summed E-state index contributed by atoms with van der Waals surface area (Å²) in [5.41, 5.74) is 1.71. The van der Waals surface area contributed by atoms with Crippen molar-refractivity contribution in [3.8, 4) is 0 Å². The van der Waals surface area contributed by atoms with Crippen molar-refractivity contribution >= 4 is 41.3 Å². The van der Waals surface area contributed by atoms with Gasteiger partial charge in [0.25, 0.3) is 0 Å². The zero-order chi connectivity index (χ0) is 19.7. The fraction of sp³-hybridized carbons (Fsp3) is 0.421. The molecule has 156 valence electrons. The van der Waals surface area contributed by atoms with Crippen molar-refractivity contribution in [2.24, 2.45) is 4.99 Å². The molecule has 0 aliphatic heterocycles. The second-order valence-corrected chi connectivity index (χ2v) is 7.18. The van der Waals surface area contributed by atoms with Crippen LogP contribution in [0.15, 0.2) is 41.4 Å². The van der Waals surface area contributed by atoms with Gasteiger partial charge in [0.1, 0.15) is 6.61 Å². The molecule has 0 fully saturated rings. The second kappa shape index (κ2) is 12.3. The average Bonchev–Trinajstić information content (AvgIpc) is 3.10. The van der Waals surface area contributed by atoms with Crippen LogP contribution in [0.1, 0.15) is 27.8 Å². The number of alkyl halides is 3. The van der Waals surface area contributed by atoms with E-state index >= 15 is 0 Å². The van der Waals surface area contributed by atoms with Crippen molar-refractivity contribution in [1.29, 1.82) is 0 Å². The summed E-state index contributed by atoms with van der Waals surface area (Å²) >= 11 is 1.78. The number of rotatable bonds is 8. The van der Waals surface area contributed by atoms with Gasteiger partial charge in [-0.25, -0.2) is 0 Å². The van der Waals surface area contributed by atoms with Gasteiger partial charge in [-0.05, 0) is 29.7 Å². The molecule has 0 bridgehead atoms. The van der Waals surface area contributed by atoms with E-state index in [4.69, 9.17) is 0 Å². The van der Waals surface area contributed by atoms with Crippen molar-refractivity contribution in [2.75, 3.05) is 13.7 Å². The summed E-state index contributed by atoms with van der Waals surface area (Å²) < 4.78 is 40.9. The lowest BCUT2D eigenvalue weighted by molar-refractivity contribution is -0.176. The van der Waals surface area contributed by atoms with Gasteiger partial charge in [0.2, 0.25) is 0 Å². The molecular formula is C19H25F3IN3OS. The van der Waals surface area contributed by atoms with Crippen LogP contribution >= 0.6 is 35.3 Å². The zero-order valence-corrected chi connectivity index (χ0v) is 19.0. The number of nitrogens with one attached hydrogen (secondary N) is 2. The lowest BCUT2D eigenvalue weighted by Crippen LogP contribution is -2.36. The van der Waals surface area contributed by atoms with E-state index in [1.54, 1.807) is 30.5 Å². The number of guanidine groups is 1. The number of nitrogens with zero attached hydrogens (tertiary/aromatic N) is 1. The molecule has 28 heavy (non-hydrogen) atoms. The van der Waals surface area contributed by atoms with Crippen LogP contribution in [0.5, 0.6) is 0 Å². The smallest absolute Gasteiger partial charge is 0.367 e. The van der Waals surface area contributed by atoms with E-state index in [0.717, 1.165) is 12.0 Å². The summed E-state index contributed by atoms with van der Waals surface area (Å²) in [6.07, 6.45) is -3.26. The van der Waals surface area contributed by atoms with Crippen LogP contribution in [-0.2, 0) is 30.9 Å². The Labute approximate surface area is 184 Å². The van der Waals surface area contributed by atoms with Crippen molar-refractivity contribution in [3.05, 3.63) is 57.3 Å². The minimum absolute atomic E-state index is 0. The molecule has 0 unspecified atom stereocenters. The maximum absolute atomic E-state index is 12.1. The molecule has 1 aromatic carbocycles. The molecule has 0 spiro atoms. The molecular weight excluding hydrogens is 502 g/mol. The molecule has 9 heteroatoms. The molecule has 2 N–H and O–H groups in total. The predicted molar refractivity (Wildman–Crippen MR) is 118 cm³/mol. The number of aliphatic imine (C=N–C) groups is 1. The zero-order valence-electron chi connectivity index (χ0n) is 15.8. The molecule has 0 aliphatic carbocycles. The third kappa shape index (κ3) is 9.24. The van der Waals surface area contributed by atoms with Crippen molar-refractivity contribution in [1.82, 2.24) is 10.6 Å². The molecule has 1 heterocycles. The highest BCUT2D eigenvalue weighted by Gasteiger charge is 2.27. The highest BCUT2D eigenvalue weighted by molar-refractivity contribution is 14.0. The van der Waals surface area contributed by atoms with E-state index < -0.39 is 12.8 Å². The first kappa shape index (κ1) is 24.7. The topological polar surface area (TPSA) is 45.7 Å². The van der Waals surface area contributed by atoms with Crippen molar-refractivity contribution in [2.45, 2.75) is 39.2 Å². The first-order valence-electron chi connectivity index (χ1n) is 8.64. The lowest BCUT2D eigenvalue weighted by atomic mass is 10.1. The minimum Gasteiger partial charge on any atom is -0.367 e. The van der Waals surface area contributed by atoms with Crippen molar-refractivity contribution < 1.29 is 17.9 Å². The average molecular weight is 527 g/mol. The first-order valence-corrected chi connectivity index (χ1v) is 9.45. The summed E-state index contributed by atoms with van der Waals surface area (Å²) in [6, 6.07) is 11.5. The number of hydrogen-bond donors (Lipinski definition) is 2. The number of hydrogen-bond acceptors (Lipinski definition) is 3. The summed E-state index contributed by atoms with van der Waals surface area (Å²) in [4.78, 5) is 6.80. The largest absolute Gasteiger partial charge is 0.411 e. The van der Waals surface area contributed by atoms with Crippen LogP contribution in [0.3, 0.4) is 0 Å². The number of aryl methyl sites for hydroxylation is 1. The molecule has 0 saturated heterocycles. The molecule has 0 aliphatic rings. The molecule has 0 amide bonds. The van der Waals surface area contributed by atoms with Gasteiger partial charge in [-0.3, -0.25) is 4.99 Å². The van der Waals surface area contributed by atoms with Gasteiger partial charge in [-0.15, -0.1) is 35.3 Å². The summed E-state index contributed by atoms with van der Waals surface area (Å²) in [5.74, 6) is 0.694. The number of benzene rings is 1. The molecule has 0 atom stereocenters. The summed E-state index contributed by atoms with van der Waals surface area (Å²) in [6.45, 7) is 2.12. The fourth-order valence-corrected chi connectivity index (χ4v) is 3.22. The monoisotopic (exact) mass is 527 g/mol. The Bertz CT molecular complexity index is 733. The van der Waals surface area contributed by atoms with Gasteiger partial charge in [0, 0.05) is 23.3 Å². The predicted octanol–water partition coefficient (Wildman–Crippen LogP) is 4.87. The Kier molecular flexibility index (Phi) is 10.8. The number of halogens is 4. The molecule has 4 nitrogen and oxygen atoms in total. The lowest BCUT2D eigenvalue weighted by Gasteiger charge is -2.12. The van der Waals surface area contributed by atoms with E-state index in [1.807, 2.05) is 12.1 Å². The molecule has 2 rings (SSSR count). The Morgan fingerprint density at radius 1 is 1.00 bits per heavy atom. The quantitative estimate of drug-likeness (QED) is 0.293. The van der Waals surface area contributed by atoms with E-state index in [2.05, 4.69) is 39.4 Å². The van der Waals surface area contributed by atoms with Gasteiger partial charge >= 0.3 is 6.18 Å². The van der Waals surface area contributed by atoms with E-state index in [0.29, 0.717) is 24.6 Å². The fourth-order valence-electron chi connectivity index (χ4n) is 2.32. The van der Waals surface area contributed by atoms with Gasteiger partial charge in [0.15, 0.2) is 5.96 Å². The molecule has 1 aromatic heterocycles. The van der Waals surface area contributed by atoms with E-state index in [-0.39, 0.29) is 30.6 Å². The molecule has 0 radical (unpaired) electrons. The highest BCUT2D eigenvalue weighted by Crippen LogP contribution is 2.17. The van der Waals surface area contributed by atoms with Gasteiger partial charge in [-0.1, -0.05) is 31.2 Å². The number of thiophene rings is 1. The van der Waals surface area contributed by atoms with Gasteiger partial charge in [-0.2, -0.15) is 13.2 Å². The SMILES string of the molecule is CCc1ccc(CNC(=NC)NCc2ccc(COCC(F)(F)F)cc2)s1.I. The highest BCUT2D eigenvalue weighted by atomic mass is 127. The summed E-state index contributed by atoms with van der Waals surface area (Å²) in [7, 11) is 1.71. The standard InChI is InChI=1S/C19H24F3N3OS.HI/c1-3-16-8-9-17(27-16)11-25-18(23-2)24-10-14-4-6-15(7-5-14)12-26-13-19(20,21)22;/h4-9H,3,10-13H2,1-2H3,(H2,23,24,25);1H. The second-order valence-electron chi connectivity index (χ2n) is 5.93. The van der Waals surface area contributed by atoms with Crippen LogP contribution in [0.4, 0.5) is 13.2 Å². The van der Waals surface area contributed by atoms with Gasteiger partial charge in [0.05, 0.1) is 13.2 Å². The maximum Gasteiger partial charge on any atom is 0.411 e. The normalized spacial score (nSPS) is 11.8. The number of ether oxygens (including phenoxy) is 1. The Hall–Kier alpha value is -1.33. The minimum atomic E-state index is -4.30. The Morgan fingerprint density at radius 2 is 1.61 bits per heavy atom. The van der Waals surface area contributed by atoms with E-state index in [1.165, 1.54) is 9.75 Å². The van der Waals surface area contributed by atoms with E-state index in [9.17, 15) is 13.2 Å². The van der Waals surface area contributed by atoms with Crippen LogP contribution in [0.2, 0.25) is 0 Å². The van der Waals surface area contributed by atoms with Crippen molar-refractivity contribution in [3.63, 3.8) is 0 Å².